The number of carbonyl (C=O) groups excluding carboxylic acids is 1. The van der Waals surface area contributed by atoms with Crippen molar-refractivity contribution in [1.82, 2.24) is 10.3 Å². The van der Waals surface area contributed by atoms with E-state index in [2.05, 4.69) is 15.6 Å². The molecule has 0 radical (unpaired) electrons. The van der Waals surface area contributed by atoms with E-state index in [4.69, 9.17) is 10.8 Å². The Bertz CT molecular complexity index is 420. The lowest BCUT2D eigenvalue weighted by molar-refractivity contribution is 0.0941. The first-order valence-electron chi connectivity index (χ1n) is 6.38. The van der Waals surface area contributed by atoms with Crippen molar-refractivity contribution in [2.45, 2.75) is 45.7 Å². The number of nitrogens with one attached hydrogen (secondary N) is 2. The number of hydrogen-bond acceptors (Lipinski definition) is 6. The summed E-state index contributed by atoms with van der Waals surface area (Å²) in [5.41, 5.74) is 5.75. The molecule has 0 fully saturated rings. The van der Waals surface area contributed by atoms with Crippen molar-refractivity contribution in [3.05, 3.63) is 4.88 Å². The first-order chi connectivity index (χ1) is 8.93. The second-order valence-corrected chi connectivity index (χ2v) is 5.77. The van der Waals surface area contributed by atoms with Crippen molar-refractivity contribution in [3.8, 4) is 0 Å². The standard InChI is InChI=1S/C12H22N4O2S/c1-7(2)14-12-16-10(13)9(19-12)11(18)15-8(3)5-4-6-17/h7-8,17H,4-6,13H2,1-3H3,(H,14,16)(H,15,18). The van der Waals surface area contributed by atoms with E-state index < -0.39 is 0 Å². The normalized spacial score (nSPS) is 12.5. The molecule has 1 rings (SSSR count). The average molecular weight is 286 g/mol. The van der Waals surface area contributed by atoms with E-state index in [0.717, 1.165) is 6.42 Å². The number of anilines is 2. The Kier molecular flexibility index (Phi) is 6.04. The number of aromatic nitrogens is 1. The van der Waals surface area contributed by atoms with Crippen LogP contribution in [0, 0.1) is 0 Å². The van der Waals surface area contributed by atoms with Gasteiger partial charge in [0.1, 0.15) is 10.7 Å². The Morgan fingerprint density at radius 2 is 2.16 bits per heavy atom. The highest BCUT2D eigenvalue weighted by molar-refractivity contribution is 7.18. The van der Waals surface area contributed by atoms with Crippen LogP contribution >= 0.6 is 11.3 Å². The Balaban J connectivity index is 2.63. The molecule has 0 aliphatic carbocycles. The zero-order valence-corrected chi connectivity index (χ0v) is 12.4. The fourth-order valence-electron chi connectivity index (χ4n) is 1.56. The highest BCUT2D eigenvalue weighted by atomic mass is 32.1. The lowest BCUT2D eigenvalue weighted by Gasteiger charge is -2.12. The third-order valence-corrected chi connectivity index (χ3v) is 3.45. The monoisotopic (exact) mass is 286 g/mol. The molecule has 1 aromatic rings. The van der Waals surface area contributed by atoms with Crippen LogP contribution in [0.2, 0.25) is 0 Å². The van der Waals surface area contributed by atoms with Gasteiger partial charge in [-0.05, 0) is 33.6 Å². The fraction of sp³-hybridized carbons (Fsp3) is 0.667. The van der Waals surface area contributed by atoms with E-state index in [1.165, 1.54) is 11.3 Å². The molecule has 1 atom stereocenters. The lowest BCUT2D eigenvalue weighted by atomic mass is 10.2. The zero-order valence-electron chi connectivity index (χ0n) is 11.6. The van der Waals surface area contributed by atoms with Crippen LogP contribution in [0.5, 0.6) is 0 Å². The number of nitrogens with zero attached hydrogens (tertiary/aromatic N) is 1. The number of aliphatic hydroxyl groups excluding tert-OH is 1. The Morgan fingerprint density at radius 1 is 1.47 bits per heavy atom. The van der Waals surface area contributed by atoms with E-state index in [0.29, 0.717) is 16.4 Å². The molecule has 1 amide bonds. The van der Waals surface area contributed by atoms with Crippen LogP contribution in [0.3, 0.4) is 0 Å². The molecule has 5 N–H and O–H groups in total. The van der Waals surface area contributed by atoms with Crippen molar-refractivity contribution in [2.24, 2.45) is 0 Å². The molecule has 108 valence electrons. The first-order valence-corrected chi connectivity index (χ1v) is 7.20. The van der Waals surface area contributed by atoms with E-state index in [1.807, 2.05) is 20.8 Å². The number of nitrogen functional groups attached to an aromatic ring is 1. The maximum absolute atomic E-state index is 12.0. The molecule has 6 nitrogen and oxygen atoms in total. The Hall–Kier alpha value is -1.34. The third-order valence-electron chi connectivity index (χ3n) is 2.44. The second-order valence-electron chi connectivity index (χ2n) is 4.77. The van der Waals surface area contributed by atoms with Crippen molar-refractivity contribution in [2.75, 3.05) is 17.7 Å². The SMILES string of the molecule is CC(C)Nc1nc(N)c(C(=O)NC(C)CCCO)s1. The molecule has 1 unspecified atom stereocenters. The number of aliphatic hydroxyl groups is 1. The smallest absolute Gasteiger partial charge is 0.265 e. The molecule has 0 aliphatic rings. The van der Waals surface area contributed by atoms with Crippen LogP contribution < -0.4 is 16.4 Å². The third kappa shape index (κ3) is 5.04. The summed E-state index contributed by atoms with van der Waals surface area (Å²) in [6.07, 6.45) is 1.40. The van der Waals surface area contributed by atoms with E-state index in [-0.39, 0.29) is 30.4 Å². The summed E-state index contributed by atoms with van der Waals surface area (Å²) in [6, 6.07) is 0.243. The topological polar surface area (TPSA) is 100 Å². The minimum atomic E-state index is -0.211. The van der Waals surface area contributed by atoms with Gasteiger partial charge in [-0.3, -0.25) is 4.79 Å². The van der Waals surface area contributed by atoms with Gasteiger partial charge in [0.15, 0.2) is 5.13 Å². The largest absolute Gasteiger partial charge is 0.396 e. The predicted molar refractivity (Wildman–Crippen MR) is 78.5 cm³/mol. The van der Waals surface area contributed by atoms with E-state index in [1.54, 1.807) is 0 Å². The number of amides is 1. The van der Waals surface area contributed by atoms with Gasteiger partial charge in [-0.15, -0.1) is 0 Å². The minimum absolute atomic E-state index is 0.00246. The van der Waals surface area contributed by atoms with Crippen LogP contribution in [-0.2, 0) is 0 Å². The van der Waals surface area contributed by atoms with Crippen molar-refractivity contribution in [1.29, 1.82) is 0 Å². The number of hydrogen-bond donors (Lipinski definition) is 4. The summed E-state index contributed by atoms with van der Waals surface area (Å²) in [5, 5.41) is 15.4. The van der Waals surface area contributed by atoms with Gasteiger partial charge in [0.05, 0.1) is 0 Å². The summed E-state index contributed by atoms with van der Waals surface area (Å²) < 4.78 is 0. The summed E-state index contributed by atoms with van der Waals surface area (Å²) in [5.74, 6) is 0.0391. The maximum Gasteiger partial charge on any atom is 0.265 e. The average Bonchev–Trinajstić information content (AvgIpc) is 2.66. The van der Waals surface area contributed by atoms with Gasteiger partial charge >= 0.3 is 0 Å². The van der Waals surface area contributed by atoms with Gasteiger partial charge in [0, 0.05) is 18.7 Å². The molecule has 19 heavy (non-hydrogen) atoms. The van der Waals surface area contributed by atoms with Crippen LogP contribution in [0.15, 0.2) is 0 Å². The molecule has 0 spiro atoms. The molecular formula is C12H22N4O2S. The zero-order chi connectivity index (χ0) is 14.4. The van der Waals surface area contributed by atoms with Crippen LogP contribution in [0.25, 0.3) is 0 Å². The quantitative estimate of drug-likeness (QED) is 0.607. The van der Waals surface area contributed by atoms with Gasteiger partial charge in [0.25, 0.3) is 5.91 Å². The molecule has 0 aliphatic heterocycles. The summed E-state index contributed by atoms with van der Waals surface area (Å²) in [6.45, 7) is 6.02. The van der Waals surface area contributed by atoms with Crippen LogP contribution in [0.1, 0.15) is 43.3 Å². The number of nitrogens with two attached hydrogens (primary N) is 1. The molecule has 0 aromatic carbocycles. The highest BCUT2D eigenvalue weighted by Gasteiger charge is 2.18. The predicted octanol–water partition coefficient (Wildman–Crippen LogP) is 1.44. The molecule has 0 bridgehead atoms. The van der Waals surface area contributed by atoms with Gasteiger partial charge in [-0.1, -0.05) is 11.3 Å². The lowest BCUT2D eigenvalue weighted by Crippen LogP contribution is -2.32. The highest BCUT2D eigenvalue weighted by Crippen LogP contribution is 2.25. The summed E-state index contributed by atoms with van der Waals surface area (Å²) in [7, 11) is 0. The Labute approximate surface area is 117 Å². The Morgan fingerprint density at radius 3 is 2.74 bits per heavy atom. The van der Waals surface area contributed by atoms with Crippen molar-refractivity contribution in [3.63, 3.8) is 0 Å². The van der Waals surface area contributed by atoms with Gasteiger partial charge < -0.3 is 21.5 Å². The molecular weight excluding hydrogens is 264 g/mol. The second kappa shape index (κ2) is 7.30. The summed E-state index contributed by atoms with van der Waals surface area (Å²) >= 11 is 1.25. The first kappa shape index (κ1) is 15.7. The number of carbonyl (C=O) groups is 1. The van der Waals surface area contributed by atoms with Crippen molar-refractivity contribution >= 4 is 28.2 Å². The minimum Gasteiger partial charge on any atom is -0.396 e. The number of thiazole rings is 1. The molecule has 1 aromatic heterocycles. The molecule has 0 saturated heterocycles. The van der Waals surface area contributed by atoms with E-state index in [9.17, 15) is 4.79 Å². The molecule has 7 heteroatoms. The van der Waals surface area contributed by atoms with Crippen LogP contribution in [-0.4, -0.2) is 34.7 Å². The van der Waals surface area contributed by atoms with Gasteiger partial charge in [0.2, 0.25) is 0 Å². The molecule has 0 saturated carbocycles. The van der Waals surface area contributed by atoms with Crippen LogP contribution in [0.4, 0.5) is 10.9 Å². The van der Waals surface area contributed by atoms with E-state index >= 15 is 0 Å². The molecule has 1 heterocycles. The number of rotatable bonds is 7. The van der Waals surface area contributed by atoms with Gasteiger partial charge in [-0.2, -0.15) is 0 Å². The fourth-order valence-corrected chi connectivity index (χ4v) is 2.50. The summed E-state index contributed by atoms with van der Waals surface area (Å²) in [4.78, 5) is 16.6. The van der Waals surface area contributed by atoms with Crippen molar-refractivity contribution < 1.29 is 9.90 Å². The van der Waals surface area contributed by atoms with Gasteiger partial charge in [-0.25, -0.2) is 4.98 Å². The maximum atomic E-state index is 12.0.